The van der Waals surface area contributed by atoms with E-state index in [0.717, 1.165) is 44.8 Å². The zero-order chi connectivity index (χ0) is 14.4. The molecule has 1 fully saturated rings. The topological polar surface area (TPSA) is 61.4 Å². The lowest BCUT2D eigenvalue weighted by Crippen LogP contribution is -2.53. The number of amides is 2. The van der Waals surface area contributed by atoms with Crippen molar-refractivity contribution in [3.8, 4) is 0 Å². The van der Waals surface area contributed by atoms with E-state index < -0.39 is 0 Å². The van der Waals surface area contributed by atoms with Crippen molar-refractivity contribution < 1.29 is 4.79 Å². The second-order valence-corrected chi connectivity index (χ2v) is 5.18. The lowest BCUT2D eigenvalue weighted by atomic mass is 10.2. The summed E-state index contributed by atoms with van der Waals surface area (Å²) in [5.41, 5.74) is 0. The van der Waals surface area contributed by atoms with Gasteiger partial charge >= 0.3 is 6.03 Å². The summed E-state index contributed by atoms with van der Waals surface area (Å²) in [6, 6.07) is 0.287. The van der Waals surface area contributed by atoms with Gasteiger partial charge in [0.15, 0.2) is 0 Å². The molecule has 0 saturated carbocycles. The van der Waals surface area contributed by atoms with Crippen LogP contribution in [0, 0.1) is 0 Å². The molecule has 1 N–H and O–H groups in total. The molecule has 2 amide bonds. The molecule has 1 saturated heterocycles. The van der Waals surface area contributed by atoms with E-state index in [1.165, 1.54) is 0 Å². The van der Waals surface area contributed by atoms with Crippen molar-refractivity contribution in [2.75, 3.05) is 31.1 Å². The average molecular weight is 277 g/mol. The summed E-state index contributed by atoms with van der Waals surface area (Å²) in [4.78, 5) is 24.5. The van der Waals surface area contributed by atoms with Gasteiger partial charge in [-0.25, -0.2) is 9.78 Å². The van der Waals surface area contributed by atoms with Crippen molar-refractivity contribution in [2.24, 2.45) is 0 Å². The van der Waals surface area contributed by atoms with E-state index in [0.29, 0.717) is 0 Å². The first-order chi connectivity index (χ1) is 9.70. The molecule has 1 aromatic rings. The van der Waals surface area contributed by atoms with Crippen LogP contribution in [0.15, 0.2) is 18.6 Å². The predicted molar refractivity (Wildman–Crippen MR) is 78.7 cm³/mol. The molecule has 0 aliphatic carbocycles. The Labute approximate surface area is 120 Å². The maximum absolute atomic E-state index is 12.1. The van der Waals surface area contributed by atoms with Crippen molar-refractivity contribution in [3.63, 3.8) is 0 Å². The Morgan fingerprint density at radius 1 is 1.35 bits per heavy atom. The summed E-state index contributed by atoms with van der Waals surface area (Å²) in [5, 5.41) is 3.05. The van der Waals surface area contributed by atoms with E-state index in [1.54, 1.807) is 18.6 Å². The largest absolute Gasteiger partial charge is 0.352 e. The van der Waals surface area contributed by atoms with E-state index in [2.05, 4.69) is 34.0 Å². The Bertz CT molecular complexity index is 417. The molecule has 6 nitrogen and oxygen atoms in total. The normalized spacial score (nSPS) is 16.9. The third-order valence-electron chi connectivity index (χ3n) is 3.53. The van der Waals surface area contributed by atoms with Gasteiger partial charge in [0.05, 0.1) is 6.20 Å². The molecule has 0 radical (unpaired) electrons. The number of anilines is 1. The first-order valence-corrected chi connectivity index (χ1v) is 7.27. The third kappa shape index (κ3) is 3.82. The van der Waals surface area contributed by atoms with Crippen molar-refractivity contribution in [1.29, 1.82) is 0 Å². The number of carbonyl (C=O) groups excluding carboxylic acids is 1. The van der Waals surface area contributed by atoms with Gasteiger partial charge in [-0.3, -0.25) is 4.98 Å². The van der Waals surface area contributed by atoms with Crippen LogP contribution in [0.2, 0.25) is 0 Å². The second kappa shape index (κ2) is 7.07. The highest BCUT2D eigenvalue weighted by Gasteiger charge is 2.22. The molecule has 0 bridgehead atoms. The van der Waals surface area contributed by atoms with Crippen LogP contribution in [0.3, 0.4) is 0 Å². The van der Waals surface area contributed by atoms with E-state index in [4.69, 9.17) is 0 Å². The van der Waals surface area contributed by atoms with E-state index in [-0.39, 0.29) is 12.1 Å². The average Bonchev–Trinajstić information content (AvgIpc) is 2.48. The molecule has 1 aromatic heterocycles. The minimum atomic E-state index is 0.0461. The standard InChI is InChI=1S/C14H23N5O/c1-3-4-12(2)17-14(20)19-9-7-18(8-10-19)13-11-15-5-6-16-13/h5-6,11-12H,3-4,7-10H2,1-2H3,(H,17,20)/t12-/m1/s1. The Kier molecular flexibility index (Phi) is 5.15. The Morgan fingerprint density at radius 3 is 2.70 bits per heavy atom. The van der Waals surface area contributed by atoms with Gasteiger partial charge in [0.2, 0.25) is 0 Å². The second-order valence-electron chi connectivity index (χ2n) is 5.18. The molecule has 0 aromatic carbocycles. The highest BCUT2D eigenvalue weighted by Crippen LogP contribution is 2.11. The summed E-state index contributed by atoms with van der Waals surface area (Å²) in [6.45, 7) is 7.23. The van der Waals surface area contributed by atoms with Crippen LogP contribution in [0.5, 0.6) is 0 Å². The lowest BCUT2D eigenvalue weighted by Gasteiger charge is -2.35. The van der Waals surface area contributed by atoms with Crippen molar-refractivity contribution in [3.05, 3.63) is 18.6 Å². The molecule has 6 heteroatoms. The number of hydrogen-bond acceptors (Lipinski definition) is 4. The van der Waals surface area contributed by atoms with Crippen LogP contribution >= 0.6 is 0 Å². The zero-order valence-electron chi connectivity index (χ0n) is 12.2. The van der Waals surface area contributed by atoms with Crippen molar-refractivity contribution >= 4 is 11.8 Å². The molecule has 1 aliphatic heterocycles. The number of nitrogens with one attached hydrogen (secondary N) is 1. The molecule has 1 aliphatic rings. The molecule has 2 heterocycles. The number of rotatable bonds is 4. The monoisotopic (exact) mass is 277 g/mol. The number of urea groups is 1. The molecule has 0 unspecified atom stereocenters. The molecule has 20 heavy (non-hydrogen) atoms. The molecule has 1 atom stereocenters. The Hall–Kier alpha value is -1.85. The van der Waals surface area contributed by atoms with Gasteiger partial charge in [-0.1, -0.05) is 13.3 Å². The fourth-order valence-corrected chi connectivity index (χ4v) is 2.40. The number of hydrogen-bond donors (Lipinski definition) is 1. The highest BCUT2D eigenvalue weighted by atomic mass is 16.2. The Morgan fingerprint density at radius 2 is 2.10 bits per heavy atom. The minimum absolute atomic E-state index is 0.0461. The van der Waals surface area contributed by atoms with Crippen LogP contribution in [-0.2, 0) is 0 Å². The Balaban J connectivity index is 1.80. The first-order valence-electron chi connectivity index (χ1n) is 7.27. The molecule has 110 valence electrons. The summed E-state index contributed by atoms with van der Waals surface area (Å²) >= 11 is 0. The number of piperazine rings is 1. The number of nitrogens with zero attached hydrogens (tertiary/aromatic N) is 4. The fourth-order valence-electron chi connectivity index (χ4n) is 2.40. The summed E-state index contributed by atoms with van der Waals surface area (Å²) in [6.07, 6.45) is 7.23. The van der Waals surface area contributed by atoms with Crippen LogP contribution < -0.4 is 10.2 Å². The molecule has 0 spiro atoms. The van der Waals surface area contributed by atoms with Gasteiger partial charge in [0.25, 0.3) is 0 Å². The van der Waals surface area contributed by atoms with E-state index >= 15 is 0 Å². The summed E-state index contributed by atoms with van der Waals surface area (Å²) in [5.74, 6) is 0.881. The number of carbonyl (C=O) groups is 1. The lowest BCUT2D eigenvalue weighted by molar-refractivity contribution is 0.190. The minimum Gasteiger partial charge on any atom is -0.352 e. The van der Waals surface area contributed by atoms with Crippen LogP contribution in [0.4, 0.5) is 10.6 Å². The van der Waals surface area contributed by atoms with Crippen molar-refractivity contribution in [2.45, 2.75) is 32.7 Å². The van der Waals surface area contributed by atoms with E-state index in [9.17, 15) is 4.79 Å². The third-order valence-corrected chi connectivity index (χ3v) is 3.53. The summed E-state index contributed by atoms with van der Waals surface area (Å²) < 4.78 is 0. The van der Waals surface area contributed by atoms with Gasteiger partial charge in [-0.2, -0.15) is 0 Å². The fraction of sp³-hybridized carbons (Fsp3) is 0.643. The smallest absolute Gasteiger partial charge is 0.317 e. The van der Waals surface area contributed by atoms with Gasteiger partial charge < -0.3 is 15.1 Å². The maximum atomic E-state index is 12.1. The van der Waals surface area contributed by atoms with Crippen molar-refractivity contribution in [1.82, 2.24) is 20.2 Å². The molecule has 2 rings (SSSR count). The molecular weight excluding hydrogens is 254 g/mol. The quantitative estimate of drug-likeness (QED) is 0.906. The van der Waals surface area contributed by atoms with Gasteiger partial charge in [0.1, 0.15) is 5.82 Å². The van der Waals surface area contributed by atoms with Gasteiger partial charge in [-0.15, -0.1) is 0 Å². The van der Waals surface area contributed by atoms with Crippen LogP contribution in [-0.4, -0.2) is 53.1 Å². The maximum Gasteiger partial charge on any atom is 0.317 e. The predicted octanol–water partition coefficient (Wildman–Crippen LogP) is 1.50. The van der Waals surface area contributed by atoms with Crippen LogP contribution in [0.1, 0.15) is 26.7 Å². The SMILES string of the molecule is CCC[C@@H](C)NC(=O)N1CCN(c2cnccn2)CC1. The first kappa shape index (κ1) is 14.6. The zero-order valence-corrected chi connectivity index (χ0v) is 12.2. The highest BCUT2D eigenvalue weighted by molar-refractivity contribution is 5.74. The molecular formula is C14H23N5O. The van der Waals surface area contributed by atoms with Gasteiger partial charge in [0, 0.05) is 44.6 Å². The summed E-state index contributed by atoms with van der Waals surface area (Å²) in [7, 11) is 0. The number of aromatic nitrogens is 2. The van der Waals surface area contributed by atoms with E-state index in [1.807, 2.05) is 4.90 Å². The van der Waals surface area contributed by atoms with Crippen LogP contribution in [0.25, 0.3) is 0 Å². The van der Waals surface area contributed by atoms with Gasteiger partial charge in [-0.05, 0) is 13.3 Å².